The number of carbonyl (C=O) groups is 2. The first kappa shape index (κ1) is 18.7. The van der Waals surface area contributed by atoms with Gasteiger partial charge in [-0.2, -0.15) is 0 Å². The number of halogens is 2. The van der Waals surface area contributed by atoms with E-state index in [1.54, 1.807) is 12.3 Å². The van der Waals surface area contributed by atoms with Gasteiger partial charge in [-0.1, -0.05) is 6.07 Å². The van der Waals surface area contributed by atoms with Crippen molar-refractivity contribution >= 4 is 22.8 Å². The van der Waals surface area contributed by atoms with Crippen LogP contribution in [0.4, 0.5) is 8.78 Å². The first-order valence-electron chi connectivity index (χ1n) is 10.0. The van der Waals surface area contributed by atoms with Crippen molar-refractivity contribution in [1.82, 2.24) is 19.8 Å². The van der Waals surface area contributed by atoms with E-state index in [2.05, 4.69) is 9.97 Å². The van der Waals surface area contributed by atoms with E-state index < -0.39 is 23.1 Å². The number of aromatic amines is 1. The number of nitrogens with zero attached hydrogens (tertiary/aromatic N) is 3. The Labute approximate surface area is 171 Å². The van der Waals surface area contributed by atoms with Gasteiger partial charge in [0, 0.05) is 30.7 Å². The molecular weight excluding hydrogens is 390 g/mol. The molecule has 0 saturated carbocycles. The van der Waals surface area contributed by atoms with E-state index in [0.717, 1.165) is 30.4 Å². The lowest BCUT2D eigenvalue weighted by Gasteiger charge is -2.28. The number of hydrogen-bond acceptors (Lipinski definition) is 3. The maximum Gasteiger partial charge on any atom is 0.270 e. The highest BCUT2D eigenvalue weighted by molar-refractivity contribution is 5.98. The first-order valence-corrected chi connectivity index (χ1v) is 10.0. The van der Waals surface area contributed by atoms with E-state index in [0.29, 0.717) is 24.3 Å². The van der Waals surface area contributed by atoms with Crippen LogP contribution in [0.2, 0.25) is 0 Å². The lowest BCUT2D eigenvalue weighted by Crippen LogP contribution is -2.44. The zero-order valence-electron chi connectivity index (χ0n) is 16.1. The highest BCUT2D eigenvalue weighted by Gasteiger charge is 2.42. The van der Waals surface area contributed by atoms with Crippen LogP contribution < -0.4 is 0 Å². The summed E-state index contributed by atoms with van der Waals surface area (Å²) in [6, 6.07) is 8.68. The highest BCUT2D eigenvalue weighted by atomic mass is 19.1. The molecule has 0 spiro atoms. The van der Waals surface area contributed by atoms with Crippen molar-refractivity contribution in [3.8, 4) is 0 Å². The van der Waals surface area contributed by atoms with Gasteiger partial charge in [-0.05, 0) is 49.6 Å². The van der Waals surface area contributed by atoms with E-state index in [9.17, 15) is 18.4 Å². The standard InChI is InChI=1S/C22H20F2N4O2/c23-16-4-1-5-17(24)19(16)22(30)27-10-8-14-6-7-15(12-27)28(14)21(29)18-11-13-3-2-9-25-20(13)26-18/h1-5,9,11,14-15H,6-8,10,12H2,(H,25,26). The van der Waals surface area contributed by atoms with Crippen molar-refractivity contribution in [2.75, 3.05) is 13.1 Å². The summed E-state index contributed by atoms with van der Waals surface area (Å²) in [6.45, 7) is 0.610. The van der Waals surface area contributed by atoms with E-state index in [1.165, 1.54) is 11.0 Å². The number of aromatic nitrogens is 2. The van der Waals surface area contributed by atoms with Gasteiger partial charge in [-0.3, -0.25) is 9.59 Å². The fourth-order valence-corrected chi connectivity index (χ4v) is 4.66. The summed E-state index contributed by atoms with van der Waals surface area (Å²) in [5, 5.41) is 0.856. The Morgan fingerprint density at radius 2 is 1.77 bits per heavy atom. The molecule has 2 atom stereocenters. The summed E-state index contributed by atoms with van der Waals surface area (Å²) in [5.74, 6) is -2.53. The smallest absolute Gasteiger partial charge is 0.270 e. The van der Waals surface area contributed by atoms with Gasteiger partial charge in [-0.15, -0.1) is 0 Å². The van der Waals surface area contributed by atoms with Crippen molar-refractivity contribution in [1.29, 1.82) is 0 Å². The Morgan fingerprint density at radius 3 is 2.53 bits per heavy atom. The van der Waals surface area contributed by atoms with Crippen molar-refractivity contribution in [2.24, 2.45) is 0 Å². The van der Waals surface area contributed by atoms with Gasteiger partial charge >= 0.3 is 0 Å². The molecule has 8 heteroatoms. The minimum Gasteiger partial charge on any atom is -0.336 e. The van der Waals surface area contributed by atoms with Crippen LogP contribution >= 0.6 is 0 Å². The lowest BCUT2D eigenvalue weighted by molar-refractivity contribution is 0.0634. The van der Waals surface area contributed by atoms with Gasteiger partial charge in [0.1, 0.15) is 28.5 Å². The van der Waals surface area contributed by atoms with Crippen LogP contribution in [0.3, 0.4) is 0 Å². The third-order valence-electron chi connectivity index (χ3n) is 6.10. The first-order chi connectivity index (χ1) is 14.5. The molecule has 2 bridgehead atoms. The zero-order valence-corrected chi connectivity index (χ0v) is 16.1. The lowest BCUT2D eigenvalue weighted by atomic mass is 10.1. The molecular formula is C22H20F2N4O2. The van der Waals surface area contributed by atoms with Crippen LogP contribution in [0.1, 0.15) is 40.1 Å². The molecule has 2 aliphatic rings. The number of likely N-dealkylation sites (tertiary alicyclic amines) is 1. The number of pyridine rings is 1. The van der Waals surface area contributed by atoms with Crippen molar-refractivity contribution < 1.29 is 18.4 Å². The van der Waals surface area contributed by atoms with Gasteiger partial charge < -0.3 is 14.8 Å². The number of nitrogens with one attached hydrogen (secondary N) is 1. The number of amides is 2. The number of H-pyrrole nitrogens is 1. The fraction of sp³-hybridized carbons (Fsp3) is 0.318. The Morgan fingerprint density at radius 1 is 1.00 bits per heavy atom. The number of rotatable bonds is 2. The quantitative estimate of drug-likeness (QED) is 0.704. The summed E-state index contributed by atoms with van der Waals surface area (Å²) in [7, 11) is 0. The molecule has 3 aromatic rings. The third kappa shape index (κ3) is 3.03. The molecule has 2 fully saturated rings. The van der Waals surface area contributed by atoms with Gasteiger partial charge in [0.05, 0.1) is 6.04 Å². The summed E-state index contributed by atoms with van der Waals surface area (Å²) >= 11 is 0. The number of hydrogen-bond donors (Lipinski definition) is 1. The normalized spacial score (nSPS) is 21.1. The second kappa shape index (κ2) is 7.19. The van der Waals surface area contributed by atoms with Gasteiger partial charge in [0.2, 0.25) is 0 Å². The maximum absolute atomic E-state index is 14.1. The molecule has 1 N–H and O–H groups in total. The maximum atomic E-state index is 14.1. The Balaban J connectivity index is 1.41. The Kier molecular flexibility index (Phi) is 4.49. The summed E-state index contributed by atoms with van der Waals surface area (Å²) < 4.78 is 28.2. The van der Waals surface area contributed by atoms with Crippen LogP contribution in [0.25, 0.3) is 11.0 Å². The van der Waals surface area contributed by atoms with E-state index >= 15 is 0 Å². The van der Waals surface area contributed by atoms with E-state index in [4.69, 9.17) is 0 Å². The predicted octanol–water partition coefficient (Wildman–Crippen LogP) is 3.36. The average molecular weight is 410 g/mol. The molecule has 1 aromatic carbocycles. The minimum absolute atomic E-state index is 0.00913. The monoisotopic (exact) mass is 410 g/mol. The fourth-order valence-electron chi connectivity index (χ4n) is 4.66. The molecule has 4 heterocycles. The molecule has 0 radical (unpaired) electrons. The second-order valence-electron chi connectivity index (χ2n) is 7.86. The topological polar surface area (TPSA) is 69.3 Å². The predicted molar refractivity (Wildman–Crippen MR) is 106 cm³/mol. The van der Waals surface area contributed by atoms with Crippen LogP contribution in [0.15, 0.2) is 42.6 Å². The molecule has 30 heavy (non-hydrogen) atoms. The van der Waals surface area contributed by atoms with Crippen LogP contribution in [0, 0.1) is 11.6 Å². The Hall–Kier alpha value is -3.29. The Bertz CT molecular complexity index is 1090. The molecule has 5 rings (SSSR count). The van der Waals surface area contributed by atoms with Crippen LogP contribution in [-0.4, -0.2) is 56.8 Å². The van der Waals surface area contributed by atoms with Crippen molar-refractivity contribution in [3.63, 3.8) is 0 Å². The van der Waals surface area contributed by atoms with E-state index in [1.807, 2.05) is 17.0 Å². The summed E-state index contributed by atoms with van der Waals surface area (Å²) in [6.07, 6.45) is 3.83. The molecule has 154 valence electrons. The van der Waals surface area contributed by atoms with Crippen LogP contribution in [-0.2, 0) is 0 Å². The SMILES string of the molecule is O=C(c1c(F)cccc1F)N1CCC2CCC(C1)N2C(=O)c1cc2cccnc2[nH]1. The molecule has 2 aliphatic heterocycles. The second-order valence-corrected chi connectivity index (χ2v) is 7.86. The largest absolute Gasteiger partial charge is 0.336 e. The molecule has 6 nitrogen and oxygen atoms in total. The zero-order chi connectivity index (χ0) is 20.8. The highest BCUT2D eigenvalue weighted by Crippen LogP contribution is 2.33. The van der Waals surface area contributed by atoms with Crippen molar-refractivity contribution in [2.45, 2.75) is 31.3 Å². The minimum atomic E-state index is -0.868. The summed E-state index contributed by atoms with van der Waals surface area (Å²) in [4.78, 5) is 36.8. The molecule has 2 saturated heterocycles. The molecule has 2 aromatic heterocycles. The van der Waals surface area contributed by atoms with Gasteiger partial charge in [-0.25, -0.2) is 13.8 Å². The van der Waals surface area contributed by atoms with Crippen LogP contribution in [0.5, 0.6) is 0 Å². The summed E-state index contributed by atoms with van der Waals surface area (Å²) in [5.41, 5.74) is 0.574. The average Bonchev–Trinajstić information content (AvgIpc) is 3.27. The van der Waals surface area contributed by atoms with E-state index in [-0.39, 0.29) is 24.5 Å². The number of fused-ring (bicyclic) bond motifs is 3. The van der Waals surface area contributed by atoms with Crippen molar-refractivity contribution in [3.05, 3.63) is 65.5 Å². The molecule has 2 unspecified atom stereocenters. The third-order valence-corrected chi connectivity index (χ3v) is 6.10. The number of benzene rings is 1. The van der Waals surface area contributed by atoms with Gasteiger partial charge in [0.25, 0.3) is 11.8 Å². The molecule has 0 aliphatic carbocycles. The molecule has 2 amide bonds. The number of carbonyl (C=O) groups excluding carboxylic acids is 2. The van der Waals surface area contributed by atoms with Gasteiger partial charge in [0.15, 0.2) is 0 Å².